The molecular weight excluding hydrogens is 352 g/mol. The van der Waals surface area contributed by atoms with Crippen molar-refractivity contribution in [3.8, 4) is 22.6 Å². The maximum Gasteiger partial charge on any atom is 0.246 e. The van der Waals surface area contributed by atoms with Gasteiger partial charge in [-0.15, -0.1) is 0 Å². The molecule has 28 heavy (non-hydrogen) atoms. The van der Waals surface area contributed by atoms with Gasteiger partial charge in [0.25, 0.3) is 0 Å². The number of hydrogen-bond donors (Lipinski definition) is 2. The van der Waals surface area contributed by atoms with Gasteiger partial charge >= 0.3 is 0 Å². The predicted molar refractivity (Wildman–Crippen MR) is 113 cm³/mol. The van der Waals surface area contributed by atoms with E-state index in [4.69, 9.17) is 9.47 Å². The van der Waals surface area contributed by atoms with Gasteiger partial charge in [-0.05, 0) is 55.0 Å². The summed E-state index contributed by atoms with van der Waals surface area (Å²) >= 11 is 0. The summed E-state index contributed by atoms with van der Waals surface area (Å²) in [6, 6.07) is 22.5. The quantitative estimate of drug-likeness (QED) is 0.621. The molecule has 3 rings (SSSR count). The number of ether oxygens (including phenoxy) is 2. The number of benzene rings is 3. The summed E-state index contributed by atoms with van der Waals surface area (Å²) in [6.07, 6.45) is 0. The van der Waals surface area contributed by atoms with Crippen molar-refractivity contribution in [3.63, 3.8) is 0 Å². The number of rotatable bonds is 7. The van der Waals surface area contributed by atoms with Gasteiger partial charge in [-0.1, -0.05) is 30.3 Å². The number of amides is 1. The Morgan fingerprint density at radius 3 is 2.21 bits per heavy atom. The molecule has 0 unspecified atom stereocenters. The summed E-state index contributed by atoms with van der Waals surface area (Å²) in [5, 5.41) is 6.16. The number of para-hydroxylation sites is 1. The Balaban J connectivity index is 1.77. The lowest BCUT2D eigenvalue weighted by Gasteiger charge is -2.17. The highest BCUT2D eigenvalue weighted by Gasteiger charge is 2.14. The van der Waals surface area contributed by atoms with Crippen LogP contribution in [0.15, 0.2) is 72.8 Å². The van der Waals surface area contributed by atoms with Crippen molar-refractivity contribution in [2.45, 2.75) is 13.0 Å². The normalized spacial score (nSPS) is 11.4. The van der Waals surface area contributed by atoms with Gasteiger partial charge < -0.3 is 20.1 Å². The second kappa shape index (κ2) is 8.95. The van der Waals surface area contributed by atoms with Crippen LogP contribution in [-0.2, 0) is 4.79 Å². The molecule has 3 aromatic rings. The molecule has 0 radical (unpaired) electrons. The van der Waals surface area contributed by atoms with Crippen LogP contribution in [0.25, 0.3) is 11.1 Å². The average Bonchev–Trinajstić information content (AvgIpc) is 2.74. The Kier molecular flexibility index (Phi) is 6.17. The first-order valence-corrected chi connectivity index (χ1v) is 9.05. The van der Waals surface area contributed by atoms with Gasteiger partial charge in [0.2, 0.25) is 5.91 Å². The van der Waals surface area contributed by atoms with Crippen molar-refractivity contribution < 1.29 is 14.3 Å². The SMILES string of the molecule is COc1ccc(-c2cc(N[C@H](C)C(=O)Nc3ccccc3)ccc2OC)cc1. The summed E-state index contributed by atoms with van der Waals surface area (Å²) < 4.78 is 10.7. The second-order valence-electron chi connectivity index (χ2n) is 6.36. The highest BCUT2D eigenvalue weighted by atomic mass is 16.5. The van der Waals surface area contributed by atoms with Crippen molar-refractivity contribution in [2.24, 2.45) is 0 Å². The van der Waals surface area contributed by atoms with E-state index >= 15 is 0 Å². The third-order valence-corrected chi connectivity index (χ3v) is 4.42. The highest BCUT2D eigenvalue weighted by Crippen LogP contribution is 2.33. The average molecular weight is 376 g/mol. The van der Waals surface area contributed by atoms with Crippen LogP contribution in [0.2, 0.25) is 0 Å². The number of carbonyl (C=O) groups excluding carboxylic acids is 1. The lowest BCUT2D eigenvalue weighted by atomic mass is 10.0. The van der Waals surface area contributed by atoms with Crippen molar-refractivity contribution in [3.05, 3.63) is 72.8 Å². The van der Waals surface area contributed by atoms with Gasteiger partial charge in [0, 0.05) is 16.9 Å². The van der Waals surface area contributed by atoms with Gasteiger partial charge in [-0.3, -0.25) is 4.79 Å². The molecule has 0 aromatic heterocycles. The van der Waals surface area contributed by atoms with E-state index in [2.05, 4.69) is 10.6 Å². The molecule has 0 heterocycles. The molecule has 0 aliphatic carbocycles. The lowest BCUT2D eigenvalue weighted by molar-refractivity contribution is -0.116. The topological polar surface area (TPSA) is 59.6 Å². The number of methoxy groups -OCH3 is 2. The smallest absolute Gasteiger partial charge is 0.246 e. The Bertz CT molecular complexity index is 924. The zero-order chi connectivity index (χ0) is 19.9. The number of hydrogen-bond acceptors (Lipinski definition) is 4. The van der Waals surface area contributed by atoms with Crippen LogP contribution in [0.3, 0.4) is 0 Å². The highest BCUT2D eigenvalue weighted by molar-refractivity contribution is 5.96. The van der Waals surface area contributed by atoms with E-state index in [-0.39, 0.29) is 5.91 Å². The van der Waals surface area contributed by atoms with E-state index in [1.807, 2.05) is 79.7 Å². The fourth-order valence-corrected chi connectivity index (χ4v) is 2.88. The standard InChI is InChI=1S/C23H24N2O3/c1-16(23(26)25-18-7-5-4-6-8-18)24-19-11-14-22(28-3)21(15-19)17-9-12-20(27-2)13-10-17/h4-16,24H,1-3H3,(H,25,26)/t16-/m1/s1. The van der Waals surface area contributed by atoms with Crippen molar-refractivity contribution in [2.75, 3.05) is 24.9 Å². The first-order valence-electron chi connectivity index (χ1n) is 9.05. The number of nitrogens with one attached hydrogen (secondary N) is 2. The van der Waals surface area contributed by atoms with Crippen LogP contribution in [0, 0.1) is 0 Å². The minimum Gasteiger partial charge on any atom is -0.497 e. The molecule has 144 valence electrons. The molecule has 0 saturated carbocycles. The van der Waals surface area contributed by atoms with Crippen LogP contribution < -0.4 is 20.1 Å². The first-order chi connectivity index (χ1) is 13.6. The van der Waals surface area contributed by atoms with E-state index in [0.29, 0.717) is 0 Å². The van der Waals surface area contributed by atoms with Crippen LogP contribution in [0.1, 0.15) is 6.92 Å². The zero-order valence-corrected chi connectivity index (χ0v) is 16.2. The van der Waals surface area contributed by atoms with Crippen LogP contribution >= 0.6 is 0 Å². The molecule has 3 aromatic carbocycles. The van der Waals surface area contributed by atoms with E-state index in [9.17, 15) is 4.79 Å². The summed E-state index contributed by atoms with van der Waals surface area (Å²) in [5.41, 5.74) is 3.55. The fraction of sp³-hybridized carbons (Fsp3) is 0.174. The van der Waals surface area contributed by atoms with E-state index < -0.39 is 6.04 Å². The van der Waals surface area contributed by atoms with Crippen molar-refractivity contribution in [1.82, 2.24) is 0 Å². The van der Waals surface area contributed by atoms with Crippen LogP contribution in [0.5, 0.6) is 11.5 Å². The summed E-state index contributed by atoms with van der Waals surface area (Å²) in [7, 11) is 3.29. The van der Waals surface area contributed by atoms with E-state index in [0.717, 1.165) is 34.0 Å². The monoisotopic (exact) mass is 376 g/mol. The molecule has 0 fully saturated rings. The van der Waals surface area contributed by atoms with Crippen LogP contribution in [0.4, 0.5) is 11.4 Å². The van der Waals surface area contributed by atoms with Crippen LogP contribution in [-0.4, -0.2) is 26.2 Å². The summed E-state index contributed by atoms with van der Waals surface area (Å²) in [6.45, 7) is 1.83. The second-order valence-corrected chi connectivity index (χ2v) is 6.36. The maximum atomic E-state index is 12.5. The molecule has 0 spiro atoms. The van der Waals surface area contributed by atoms with Crippen molar-refractivity contribution >= 4 is 17.3 Å². The molecular formula is C23H24N2O3. The molecule has 0 aliphatic rings. The largest absolute Gasteiger partial charge is 0.497 e. The van der Waals surface area contributed by atoms with E-state index in [1.54, 1.807) is 14.2 Å². The minimum atomic E-state index is -0.405. The van der Waals surface area contributed by atoms with Gasteiger partial charge in [0.15, 0.2) is 0 Å². The molecule has 0 aliphatic heterocycles. The first kappa shape index (κ1) is 19.3. The van der Waals surface area contributed by atoms with E-state index in [1.165, 1.54) is 0 Å². The fourth-order valence-electron chi connectivity index (χ4n) is 2.88. The van der Waals surface area contributed by atoms with Gasteiger partial charge in [0.1, 0.15) is 17.5 Å². The molecule has 5 heteroatoms. The molecule has 1 atom stereocenters. The number of anilines is 2. The summed E-state index contributed by atoms with van der Waals surface area (Å²) in [5.74, 6) is 1.45. The molecule has 5 nitrogen and oxygen atoms in total. The Hall–Kier alpha value is -3.47. The zero-order valence-electron chi connectivity index (χ0n) is 16.2. The molecule has 2 N–H and O–H groups in total. The summed E-state index contributed by atoms with van der Waals surface area (Å²) in [4.78, 5) is 12.5. The third-order valence-electron chi connectivity index (χ3n) is 4.42. The molecule has 1 amide bonds. The number of carbonyl (C=O) groups is 1. The Morgan fingerprint density at radius 1 is 0.857 bits per heavy atom. The Labute approximate surface area is 165 Å². The van der Waals surface area contributed by atoms with Gasteiger partial charge in [0.05, 0.1) is 14.2 Å². The van der Waals surface area contributed by atoms with Crippen molar-refractivity contribution in [1.29, 1.82) is 0 Å². The Morgan fingerprint density at radius 2 is 1.57 bits per heavy atom. The minimum absolute atomic E-state index is 0.104. The maximum absolute atomic E-state index is 12.5. The molecule has 0 bridgehead atoms. The molecule has 0 saturated heterocycles. The van der Waals surface area contributed by atoms with Gasteiger partial charge in [-0.2, -0.15) is 0 Å². The lowest BCUT2D eigenvalue weighted by Crippen LogP contribution is -2.31. The predicted octanol–water partition coefficient (Wildman–Crippen LogP) is 4.81. The van der Waals surface area contributed by atoms with Gasteiger partial charge in [-0.25, -0.2) is 0 Å². The third kappa shape index (κ3) is 4.62.